The van der Waals surface area contributed by atoms with E-state index in [2.05, 4.69) is 34.4 Å². The van der Waals surface area contributed by atoms with Gasteiger partial charge >= 0.3 is 0 Å². The topological polar surface area (TPSA) is 73.8 Å². The van der Waals surface area contributed by atoms with Crippen LogP contribution in [-0.2, 0) is 9.84 Å². The molecule has 142 valence electrons. The van der Waals surface area contributed by atoms with Crippen molar-refractivity contribution in [2.45, 2.75) is 52.1 Å². The molecule has 2 fully saturated rings. The van der Waals surface area contributed by atoms with Crippen LogP contribution in [0.1, 0.15) is 40.0 Å². The molecule has 2 aliphatic heterocycles. The van der Waals surface area contributed by atoms with E-state index in [9.17, 15) is 8.42 Å². The molecule has 2 heterocycles. The van der Waals surface area contributed by atoms with Gasteiger partial charge in [-0.3, -0.25) is 9.89 Å². The van der Waals surface area contributed by atoms with E-state index in [-0.39, 0.29) is 41.5 Å². The van der Waals surface area contributed by atoms with Gasteiger partial charge in [0, 0.05) is 25.2 Å². The molecule has 8 heteroatoms. The highest BCUT2D eigenvalue weighted by Crippen LogP contribution is 2.17. The molecule has 0 aromatic rings. The van der Waals surface area contributed by atoms with Gasteiger partial charge in [0.25, 0.3) is 0 Å². The molecule has 0 bridgehead atoms. The molecule has 3 unspecified atom stereocenters. The van der Waals surface area contributed by atoms with Gasteiger partial charge in [-0.1, -0.05) is 6.92 Å². The summed E-state index contributed by atoms with van der Waals surface area (Å²) in [5.41, 5.74) is 0. The second-order valence-corrected chi connectivity index (χ2v) is 9.28. The zero-order valence-corrected chi connectivity index (χ0v) is 18.3. The molecule has 0 radical (unpaired) electrons. The minimum absolute atomic E-state index is 0. The molecule has 3 atom stereocenters. The molecule has 0 spiro atoms. The fourth-order valence-electron chi connectivity index (χ4n) is 3.39. The van der Waals surface area contributed by atoms with E-state index in [1.54, 1.807) is 0 Å². The number of nitrogens with one attached hydrogen (secondary N) is 2. The van der Waals surface area contributed by atoms with Gasteiger partial charge in [0.15, 0.2) is 15.8 Å². The van der Waals surface area contributed by atoms with Crippen LogP contribution in [0.15, 0.2) is 4.99 Å². The molecule has 2 aliphatic rings. The fraction of sp³-hybridized carbons (Fsp3) is 0.938. The Kier molecular flexibility index (Phi) is 9.29. The van der Waals surface area contributed by atoms with E-state index in [0.29, 0.717) is 12.5 Å². The number of rotatable bonds is 5. The van der Waals surface area contributed by atoms with E-state index >= 15 is 0 Å². The lowest BCUT2D eigenvalue weighted by atomic mass is 9.99. The number of nitrogens with zero attached hydrogens (tertiary/aromatic N) is 2. The van der Waals surface area contributed by atoms with Gasteiger partial charge in [-0.15, -0.1) is 24.0 Å². The zero-order valence-electron chi connectivity index (χ0n) is 15.1. The minimum Gasteiger partial charge on any atom is -0.357 e. The molecule has 2 N–H and O–H groups in total. The molecule has 2 saturated heterocycles. The molecule has 6 nitrogen and oxygen atoms in total. The van der Waals surface area contributed by atoms with Crippen LogP contribution in [0.3, 0.4) is 0 Å². The van der Waals surface area contributed by atoms with Crippen molar-refractivity contribution >= 4 is 39.8 Å². The van der Waals surface area contributed by atoms with Crippen LogP contribution >= 0.6 is 24.0 Å². The molecule has 24 heavy (non-hydrogen) atoms. The lowest BCUT2D eigenvalue weighted by molar-refractivity contribution is 0.142. The summed E-state index contributed by atoms with van der Waals surface area (Å²) in [4.78, 5) is 7.20. The minimum atomic E-state index is -2.86. The van der Waals surface area contributed by atoms with E-state index in [0.717, 1.165) is 38.1 Å². The second-order valence-electron chi connectivity index (χ2n) is 7.06. The highest BCUT2D eigenvalue weighted by Gasteiger charge is 2.28. The van der Waals surface area contributed by atoms with Crippen LogP contribution in [0.5, 0.6) is 0 Å². The van der Waals surface area contributed by atoms with Crippen molar-refractivity contribution in [3.63, 3.8) is 0 Å². The Balaban J connectivity index is 0.00000288. The molecule has 2 rings (SSSR count). The number of likely N-dealkylation sites (tertiary alicyclic amines) is 1. The SMILES string of the molecule is CCNC(=NCC(C)N1CCCC(C)C1)NC1CCS(=O)(=O)C1.I. The van der Waals surface area contributed by atoms with Crippen molar-refractivity contribution in [3.05, 3.63) is 0 Å². The third kappa shape index (κ3) is 7.03. The summed E-state index contributed by atoms with van der Waals surface area (Å²) in [5, 5.41) is 6.51. The Labute approximate surface area is 164 Å². The summed E-state index contributed by atoms with van der Waals surface area (Å²) in [6.07, 6.45) is 3.27. The van der Waals surface area contributed by atoms with Crippen molar-refractivity contribution in [1.29, 1.82) is 0 Å². The van der Waals surface area contributed by atoms with Crippen molar-refractivity contribution in [2.24, 2.45) is 10.9 Å². The average Bonchev–Trinajstić information content (AvgIpc) is 2.83. The second kappa shape index (κ2) is 10.2. The average molecular weight is 472 g/mol. The van der Waals surface area contributed by atoms with Gasteiger partial charge in [0.05, 0.1) is 18.1 Å². The summed E-state index contributed by atoms with van der Waals surface area (Å²) >= 11 is 0. The van der Waals surface area contributed by atoms with E-state index in [1.165, 1.54) is 12.8 Å². The van der Waals surface area contributed by atoms with Crippen LogP contribution in [0.25, 0.3) is 0 Å². The number of hydrogen-bond donors (Lipinski definition) is 2. The third-order valence-electron chi connectivity index (χ3n) is 4.74. The number of guanidine groups is 1. The first-order valence-electron chi connectivity index (χ1n) is 8.89. The first-order valence-corrected chi connectivity index (χ1v) is 10.7. The Morgan fingerprint density at radius 3 is 2.71 bits per heavy atom. The predicted octanol–water partition coefficient (Wildman–Crippen LogP) is 1.47. The van der Waals surface area contributed by atoms with Gasteiger partial charge in [-0.05, 0) is 45.6 Å². The summed E-state index contributed by atoms with van der Waals surface area (Å²) in [5.74, 6) is 2.01. The highest BCUT2D eigenvalue weighted by molar-refractivity contribution is 14.0. The first-order chi connectivity index (χ1) is 10.9. The Morgan fingerprint density at radius 2 is 2.12 bits per heavy atom. The quantitative estimate of drug-likeness (QED) is 0.360. The van der Waals surface area contributed by atoms with Crippen LogP contribution in [0, 0.1) is 5.92 Å². The molecule has 0 amide bonds. The summed E-state index contributed by atoms with van der Waals surface area (Å²) < 4.78 is 23.2. The molecule has 0 aromatic heterocycles. The van der Waals surface area contributed by atoms with Crippen molar-refractivity contribution in [3.8, 4) is 0 Å². The zero-order chi connectivity index (χ0) is 16.9. The van der Waals surface area contributed by atoms with Gasteiger partial charge in [0.1, 0.15) is 0 Å². The van der Waals surface area contributed by atoms with Crippen molar-refractivity contribution in [2.75, 3.05) is 37.7 Å². The molecule has 0 aromatic carbocycles. The van der Waals surface area contributed by atoms with E-state index < -0.39 is 9.84 Å². The largest absolute Gasteiger partial charge is 0.357 e. The number of hydrogen-bond acceptors (Lipinski definition) is 4. The van der Waals surface area contributed by atoms with E-state index in [4.69, 9.17) is 0 Å². The third-order valence-corrected chi connectivity index (χ3v) is 6.51. The maximum atomic E-state index is 11.6. The number of piperidine rings is 1. The maximum absolute atomic E-state index is 11.6. The van der Waals surface area contributed by atoms with Gasteiger partial charge in [-0.25, -0.2) is 8.42 Å². The van der Waals surface area contributed by atoms with Crippen LogP contribution < -0.4 is 10.6 Å². The van der Waals surface area contributed by atoms with Crippen molar-refractivity contribution in [1.82, 2.24) is 15.5 Å². The van der Waals surface area contributed by atoms with Crippen molar-refractivity contribution < 1.29 is 8.42 Å². The maximum Gasteiger partial charge on any atom is 0.191 e. The van der Waals surface area contributed by atoms with Crippen LogP contribution in [0.4, 0.5) is 0 Å². The number of halogens is 1. The predicted molar refractivity (Wildman–Crippen MR) is 111 cm³/mol. The summed E-state index contributed by atoms with van der Waals surface area (Å²) in [7, 11) is -2.86. The standard InChI is InChI=1S/C16H32N4O2S.HI/c1-4-17-16(19-15-7-9-23(21,22)12-15)18-10-14(3)20-8-5-6-13(2)11-20;/h13-15H,4-12H2,1-3H3,(H2,17,18,19);1H. The molecule has 0 aliphatic carbocycles. The summed E-state index contributed by atoms with van der Waals surface area (Å²) in [6.45, 7) is 10.4. The Bertz CT molecular complexity index is 512. The van der Waals surface area contributed by atoms with E-state index in [1.807, 2.05) is 6.92 Å². The molecule has 0 saturated carbocycles. The first kappa shape index (κ1) is 22.0. The number of aliphatic imine (C=N–C) groups is 1. The van der Waals surface area contributed by atoms with Gasteiger partial charge in [0.2, 0.25) is 0 Å². The normalized spacial score (nSPS) is 28.9. The van der Waals surface area contributed by atoms with Gasteiger partial charge < -0.3 is 10.6 Å². The summed E-state index contributed by atoms with van der Waals surface area (Å²) in [6, 6.07) is 0.406. The number of sulfone groups is 1. The molecular formula is C16H33IN4O2S. The Hall–Kier alpha value is -0.0900. The fourth-order valence-corrected chi connectivity index (χ4v) is 5.06. The highest BCUT2D eigenvalue weighted by atomic mass is 127. The smallest absolute Gasteiger partial charge is 0.191 e. The van der Waals surface area contributed by atoms with Crippen LogP contribution in [-0.4, -0.2) is 69.0 Å². The monoisotopic (exact) mass is 472 g/mol. The van der Waals surface area contributed by atoms with Gasteiger partial charge in [-0.2, -0.15) is 0 Å². The Morgan fingerprint density at radius 1 is 1.38 bits per heavy atom. The molecular weight excluding hydrogens is 439 g/mol. The van der Waals surface area contributed by atoms with Crippen LogP contribution in [0.2, 0.25) is 0 Å². The lowest BCUT2D eigenvalue weighted by Crippen LogP contribution is -2.46. The lowest BCUT2D eigenvalue weighted by Gasteiger charge is -2.35.